The topological polar surface area (TPSA) is 38.9 Å². The molecular weight excluding hydrogens is 217 g/mol. The maximum Gasteiger partial charge on any atom is 0.433 e. The quantitative estimate of drug-likeness (QED) is 0.738. The van der Waals surface area contributed by atoms with Gasteiger partial charge in [0.25, 0.3) is 0 Å². The zero-order valence-corrected chi connectivity index (χ0v) is 10.3. The van der Waals surface area contributed by atoms with Crippen LogP contribution in [0, 0.1) is 6.92 Å². The first kappa shape index (κ1) is 17.1. The zero-order valence-electron chi connectivity index (χ0n) is 10.3. The van der Waals surface area contributed by atoms with Crippen LogP contribution < -0.4 is 5.73 Å². The van der Waals surface area contributed by atoms with Crippen molar-refractivity contribution >= 4 is 5.69 Å². The summed E-state index contributed by atoms with van der Waals surface area (Å²) in [5, 5.41) is 0. The van der Waals surface area contributed by atoms with Gasteiger partial charge in [0.1, 0.15) is 5.69 Å². The molecule has 0 radical (unpaired) electrons. The van der Waals surface area contributed by atoms with Gasteiger partial charge < -0.3 is 5.73 Å². The number of nitrogen functional groups attached to an aromatic ring is 1. The third kappa shape index (κ3) is 5.58. The Balaban J connectivity index is 0. The highest BCUT2D eigenvalue weighted by molar-refractivity contribution is 5.42. The standard InChI is InChI=1S/C7H7F3N2.2C2H6/c1-4-5(11)2-3-6(12-4)7(8,9)10;2*1-2/h2-3H,11H2,1H3;2*1-2H3. The van der Waals surface area contributed by atoms with Gasteiger partial charge in [-0.3, -0.25) is 0 Å². The lowest BCUT2D eigenvalue weighted by Crippen LogP contribution is -2.09. The first-order valence-electron chi connectivity index (χ1n) is 5.21. The highest BCUT2D eigenvalue weighted by Crippen LogP contribution is 2.28. The van der Waals surface area contributed by atoms with E-state index in [1.165, 1.54) is 13.0 Å². The normalized spacial score (nSPS) is 9.50. The molecule has 94 valence electrons. The van der Waals surface area contributed by atoms with E-state index in [1.807, 2.05) is 27.7 Å². The second-order valence-electron chi connectivity index (χ2n) is 2.37. The molecule has 0 bridgehead atoms. The van der Waals surface area contributed by atoms with Gasteiger partial charge >= 0.3 is 6.18 Å². The molecule has 1 aromatic rings. The van der Waals surface area contributed by atoms with E-state index in [-0.39, 0.29) is 11.4 Å². The number of alkyl halides is 3. The summed E-state index contributed by atoms with van der Waals surface area (Å²) >= 11 is 0. The van der Waals surface area contributed by atoms with Gasteiger partial charge in [0.15, 0.2) is 0 Å². The van der Waals surface area contributed by atoms with E-state index in [0.29, 0.717) is 0 Å². The monoisotopic (exact) mass is 236 g/mol. The highest BCUT2D eigenvalue weighted by atomic mass is 19.4. The van der Waals surface area contributed by atoms with Crippen molar-refractivity contribution in [3.63, 3.8) is 0 Å². The van der Waals surface area contributed by atoms with Gasteiger partial charge in [-0.2, -0.15) is 13.2 Å². The molecule has 2 N–H and O–H groups in total. The van der Waals surface area contributed by atoms with Crippen molar-refractivity contribution in [3.8, 4) is 0 Å². The molecule has 0 amide bonds. The Morgan fingerprint density at radius 2 is 1.50 bits per heavy atom. The Labute approximate surface area is 94.7 Å². The minimum Gasteiger partial charge on any atom is -0.397 e. The molecule has 0 spiro atoms. The third-order valence-electron chi connectivity index (χ3n) is 1.42. The van der Waals surface area contributed by atoms with Crippen LogP contribution in [0.4, 0.5) is 18.9 Å². The lowest BCUT2D eigenvalue weighted by Gasteiger charge is -2.06. The number of nitrogens with zero attached hydrogens (tertiary/aromatic N) is 1. The summed E-state index contributed by atoms with van der Waals surface area (Å²) in [6.07, 6.45) is -4.39. The van der Waals surface area contributed by atoms with Crippen LogP contribution in [0.1, 0.15) is 39.1 Å². The van der Waals surface area contributed by atoms with E-state index in [0.717, 1.165) is 6.07 Å². The number of aromatic nitrogens is 1. The minimum absolute atomic E-state index is 0.199. The van der Waals surface area contributed by atoms with E-state index < -0.39 is 11.9 Å². The Hall–Kier alpha value is -1.26. The molecule has 5 heteroatoms. The molecule has 1 aromatic heterocycles. The first-order valence-corrected chi connectivity index (χ1v) is 5.21. The third-order valence-corrected chi connectivity index (χ3v) is 1.42. The summed E-state index contributed by atoms with van der Waals surface area (Å²) < 4.78 is 36.0. The molecule has 0 aromatic carbocycles. The largest absolute Gasteiger partial charge is 0.433 e. The fraction of sp³-hybridized carbons (Fsp3) is 0.545. The minimum atomic E-state index is -4.39. The average Bonchev–Trinajstić information content (AvgIpc) is 2.26. The number of anilines is 1. The SMILES string of the molecule is CC.CC.Cc1nc(C(F)(F)F)ccc1N. The molecule has 0 aliphatic carbocycles. The maximum absolute atomic E-state index is 12.0. The molecule has 2 nitrogen and oxygen atoms in total. The lowest BCUT2D eigenvalue weighted by atomic mass is 10.2. The number of hydrogen-bond donors (Lipinski definition) is 1. The van der Waals surface area contributed by atoms with Crippen LogP contribution in [0.5, 0.6) is 0 Å². The van der Waals surface area contributed by atoms with Gasteiger partial charge in [0.05, 0.1) is 11.4 Å². The van der Waals surface area contributed by atoms with Gasteiger partial charge in [0, 0.05) is 0 Å². The van der Waals surface area contributed by atoms with E-state index in [1.54, 1.807) is 0 Å². The number of pyridine rings is 1. The number of rotatable bonds is 0. The first-order chi connectivity index (χ1) is 7.41. The highest BCUT2D eigenvalue weighted by Gasteiger charge is 2.32. The van der Waals surface area contributed by atoms with Crippen LogP contribution in [0.15, 0.2) is 12.1 Å². The van der Waals surface area contributed by atoms with Crippen LogP contribution in [0.3, 0.4) is 0 Å². The summed E-state index contributed by atoms with van der Waals surface area (Å²) in [5.74, 6) is 0. The summed E-state index contributed by atoms with van der Waals surface area (Å²) in [6.45, 7) is 9.44. The summed E-state index contributed by atoms with van der Waals surface area (Å²) in [4.78, 5) is 3.29. The Morgan fingerprint density at radius 1 is 1.06 bits per heavy atom. The van der Waals surface area contributed by atoms with Crippen molar-refractivity contribution in [1.29, 1.82) is 0 Å². The molecule has 0 aliphatic rings. The van der Waals surface area contributed by atoms with Gasteiger partial charge in [-0.15, -0.1) is 0 Å². The zero-order chi connectivity index (χ0) is 13.4. The molecule has 0 unspecified atom stereocenters. The average molecular weight is 236 g/mol. The van der Waals surface area contributed by atoms with Crippen molar-refractivity contribution in [2.75, 3.05) is 5.73 Å². The predicted octanol–water partition coefficient (Wildman–Crippen LogP) is 4.04. The molecular formula is C11H19F3N2. The van der Waals surface area contributed by atoms with Gasteiger partial charge in [-0.05, 0) is 19.1 Å². The van der Waals surface area contributed by atoms with E-state index in [2.05, 4.69) is 4.98 Å². The maximum atomic E-state index is 12.0. The van der Waals surface area contributed by atoms with E-state index in [4.69, 9.17) is 5.73 Å². The molecule has 1 heterocycles. The number of halogens is 3. The lowest BCUT2D eigenvalue weighted by molar-refractivity contribution is -0.141. The van der Waals surface area contributed by atoms with Crippen LogP contribution in [0.25, 0.3) is 0 Å². The second kappa shape index (κ2) is 7.96. The summed E-state index contributed by atoms with van der Waals surface area (Å²) in [5.41, 5.74) is 4.86. The van der Waals surface area contributed by atoms with Crippen molar-refractivity contribution in [1.82, 2.24) is 4.98 Å². The van der Waals surface area contributed by atoms with E-state index in [9.17, 15) is 13.2 Å². The van der Waals surface area contributed by atoms with Crippen molar-refractivity contribution in [2.24, 2.45) is 0 Å². The van der Waals surface area contributed by atoms with E-state index >= 15 is 0 Å². The Kier molecular flexibility index (Phi) is 8.53. The van der Waals surface area contributed by atoms with Gasteiger partial charge in [-0.1, -0.05) is 27.7 Å². The number of nitrogens with two attached hydrogens (primary N) is 1. The predicted molar refractivity (Wildman–Crippen MR) is 61.1 cm³/mol. The number of aryl methyl sites for hydroxylation is 1. The van der Waals surface area contributed by atoms with Crippen LogP contribution >= 0.6 is 0 Å². The van der Waals surface area contributed by atoms with Crippen molar-refractivity contribution < 1.29 is 13.2 Å². The number of hydrogen-bond acceptors (Lipinski definition) is 2. The van der Waals surface area contributed by atoms with Crippen LogP contribution in [0.2, 0.25) is 0 Å². The Morgan fingerprint density at radius 3 is 1.81 bits per heavy atom. The fourth-order valence-electron chi connectivity index (χ4n) is 0.730. The smallest absolute Gasteiger partial charge is 0.397 e. The molecule has 0 aliphatic heterocycles. The van der Waals surface area contributed by atoms with Crippen LogP contribution in [-0.2, 0) is 6.18 Å². The molecule has 0 fully saturated rings. The summed E-state index contributed by atoms with van der Waals surface area (Å²) in [6, 6.07) is 2.06. The molecule has 0 saturated heterocycles. The molecule has 1 rings (SSSR count). The fourth-order valence-corrected chi connectivity index (χ4v) is 0.730. The van der Waals surface area contributed by atoms with Crippen molar-refractivity contribution in [2.45, 2.75) is 40.8 Å². The van der Waals surface area contributed by atoms with Gasteiger partial charge in [-0.25, -0.2) is 4.98 Å². The van der Waals surface area contributed by atoms with Crippen molar-refractivity contribution in [3.05, 3.63) is 23.5 Å². The molecule has 16 heavy (non-hydrogen) atoms. The van der Waals surface area contributed by atoms with Crippen LogP contribution in [-0.4, -0.2) is 4.98 Å². The molecule has 0 saturated carbocycles. The van der Waals surface area contributed by atoms with Gasteiger partial charge in [0.2, 0.25) is 0 Å². The Bertz CT molecular complexity index is 296. The molecule has 0 atom stereocenters. The second-order valence-corrected chi connectivity index (χ2v) is 2.37. The summed E-state index contributed by atoms with van der Waals surface area (Å²) in [7, 11) is 0.